The van der Waals surface area contributed by atoms with Gasteiger partial charge in [0, 0.05) is 6.54 Å². The van der Waals surface area contributed by atoms with E-state index >= 15 is 0 Å². The molecule has 0 unspecified atom stereocenters. The van der Waals surface area contributed by atoms with Gasteiger partial charge in [0.2, 0.25) is 0 Å². The summed E-state index contributed by atoms with van der Waals surface area (Å²) in [4.78, 5) is 25.8. The van der Waals surface area contributed by atoms with Crippen LogP contribution in [0.3, 0.4) is 0 Å². The number of benzene rings is 1. The maximum atomic E-state index is 12.3. The fourth-order valence-electron chi connectivity index (χ4n) is 3.19. The largest absolute Gasteiger partial charge is 0.394 e. The number of hydrogen-bond donors (Lipinski definition) is 4. The van der Waals surface area contributed by atoms with Crippen LogP contribution in [0.25, 0.3) is 0 Å². The van der Waals surface area contributed by atoms with Crippen LogP contribution in [0.15, 0.2) is 35.9 Å². The number of ether oxygens (including phenoxy) is 2. The summed E-state index contributed by atoms with van der Waals surface area (Å²) in [7, 11) is 0. The summed E-state index contributed by atoms with van der Waals surface area (Å²) in [5.41, 5.74) is 1.38. The molecule has 4 N–H and O–H groups in total. The number of rotatable bonds is 6. The van der Waals surface area contributed by atoms with E-state index in [1.807, 2.05) is 0 Å². The Hall–Kier alpha value is -2.14. The van der Waals surface area contributed by atoms with Gasteiger partial charge in [-0.1, -0.05) is 23.8 Å². The molecule has 2 amide bonds. The van der Waals surface area contributed by atoms with Crippen molar-refractivity contribution in [3.8, 4) is 0 Å². The summed E-state index contributed by atoms with van der Waals surface area (Å²) in [5.74, 6) is -0.731. The van der Waals surface area contributed by atoms with Crippen LogP contribution in [-0.2, 0) is 9.47 Å². The first-order valence-electron chi connectivity index (χ1n) is 8.88. The SMILES string of the molecule is C/C(=C\CN1C(=O)c2ccccc2C1=O)CO[C@@H]1[C@@H](O)[C@H](O)[C@@H](CO)O[C@H]1O. The molecule has 2 aliphatic rings. The van der Waals surface area contributed by atoms with E-state index in [-0.39, 0.29) is 25.0 Å². The summed E-state index contributed by atoms with van der Waals surface area (Å²) in [6.07, 6.45) is -5.03. The van der Waals surface area contributed by atoms with Gasteiger partial charge in [-0.15, -0.1) is 0 Å². The smallest absolute Gasteiger partial charge is 0.261 e. The van der Waals surface area contributed by atoms with Crippen LogP contribution >= 0.6 is 0 Å². The van der Waals surface area contributed by atoms with E-state index in [9.17, 15) is 24.9 Å². The van der Waals surface area contributed by atoms with Gasteiger partial charge in [0.25, 0.3) is 11.8 Å². The van der Waals surface area contributed by atoms with E-state index in [4.69, 9.17) is 14.6 Å². The number of nitrogens with zero attached hydrogens (tertiary/aromatic N) is 1. The highest BCUT2D eigenvalue weighted by Gasteiger charge is 2.44. The van der Waals surface area contributed by atoms with Crippen LogP contribution < -0.4 is 0 Å². The molecule has 1 fully saturated rings. The molecule has 9 heteroatoms. The van der Waals surface area contributed by atoms with Crippen molar-refractivity contribution >= 4 is 11.8 Å². The van der Waals surface area contributed by atoms with Gasteiger partial charge in [-0.3, -0.25) is 14.5 Å². The highest BCUT2D eigenvalue weighted by atomic mass is 16.7. The van der Waals surface area contributed by atoms with Gasteiger partial charge in [0.1, 0.15) is 24.4 Å². The Morgan fingerprint density at radius 2 is 1.75 bits per heavy atom. The van der Waals surface area contributed by atoms with E-state index in [1.165, 1.54) is 0 Å². The number of aliphatic hydroxyl groups is 4. The zero-order valence-corrected chi connectivity index (χ0v) is 15.3. The predicted molar refractivity (Wildman–Crippen MR) is 95.3 cm³/mol. The van der Waals surface area contributed by atoms with Crippen molar-refractivity contribution in [2.45, 2.75) is 37.6 Å². The molecule has 0 bridgehead atoms. The summed E-state index contributed by atoms with van der Waals surface area (Å²) in [6.45, 7) is 1.18. The van der Waals surface area contributed by atoms with Gasteiger partial charge in [0.05, 0.1) is 24.3 Å². The minimum Gasteiger partial charge on any atom is -0.394 e. The average Bonchev–Trinajstić information content (AvgIpc) is 2.93. The molecule has 1 saturated heterocycles. The lowest BCUT2D eigenvalue weighted by atomic mass is 9.99. The number of imide groups is 1. The van der Waals surface area contributed by atoms with E-state index in [0.29, 0.717) is 16.7 Å². The minimum absolute atomic E-state index is 0.0260. The van der Waals surface area contributed by atoms with Crippen molar-refractivity contribution in [2.24, 2.45) is 0 Å². The molecule has 0 spiro atoms. The summed E-state index contributed by atoms with van der Waals surface area (Å²) < 4.78 is 10.5. The normalized spacial score (nSPS) is 30.7. The number of fused-ring (bicyclic) bond motifs is 1. The third-order valence-electron chi connectivity index (χ3n) is 4.85. The maximum Gasteiger partial charge on any atom is 0.261 e. The number of aliphatic hydroxyl groups excluding tert-OH is 4. The highest BCUT2D eigenvalue weighted by molar-refractivity contribution is 6.21. The summed E-state index contributed by atoms with van der Waals surface area (Å²) in [6, 6.07) is 6.60. The predicted octanol–water partition coefficient (Wildman–Crippen LogP) is -0.955. The number of hydrogen-bond acceptors (Lipinski definition) is 8. The van der Waals surface area contributed by atoms with Crippen LogP contribution in [0.1, 0.15) is 27.6 Å². The van der Waals surface area contributed by atoms with Crippen molar-refractivity contribution in [1.82, 2.24) is 4.90 Å². The molecule has 0 aliphatic carbocycles. The second-order valence-corrected chi connectivity index (χ2v) is 6.82. The Kier molecular flexibility index (Phi) is 6.23. The first kappa shape index (κ1) is 20.6. The van der Waals surface area contributed by atoms with E-state index in [1.54, 1.807) is 37.3 Å². The van der Waals surface area contributed by atoms with E-state index in [0.717, 1.165) is 4.90 Å². The van der Waals surface area contributed by atoms with Crippen LogP contribution in [0.2, 0.25) is 0 Å². The zero-order valence-electron chi connectivity index (χ0n) is 15.3. The van der Waals surface area contributed by atoms with Crippen LogP contribution in [0, 0.1) is 0 Å². The topological polar surface area (TPSA) is 137 Å². The molecule has 9 nitrogen and oxygen atoms in total. The van der Waals surface area contributed by atoms with Crippen molar-refractivity contribution in [1.29, 1.82) is 0 Å². The van der Waals surface area contributed by atoms with Gasteiger partial charge in [-0.05, 0) is 19.1 Å². The highest BCUT2D eigenvalue weighted by Crippen LogP contribution is 2.24. The standard InChI is InChI=1S/C19H23NO8/c1-10(9-27-16-15(23)14(22)13(8-21)28-19(16)26)6-7-20-17(24)11-4-2-3-5-12(11)18(20)25/h2-6,13-16,19,21-23,26H,7-9H2,1H3/b10-6+/t13-,14-,15+,16-,19-/m1/s1. The molecule has 0 aromatic heterocycles. The lowest BCUT2D eigenvalue weighted by Crippen LogP contribution is -2.59. The Balaban J connectivity index is 1.57. The zero-order chi connectivity index (χ0) is 20.4. The number of amides is 2. The maximum absolute atomic E-state index is 12.3. The second-order valence-electron chi connectivity index (χ2n) is 6.82. The molecule has 28 heavy (non-hydrogen) atoms. The van der Waals surface area contributed by atoms with E-state index < -0.39 is 37.3 Å². The van der Waals surface area contributed by atoms with Crippen LogP contribution in [-0.4, -0.2) is 87.6 Å². The molecule has 0 saturated carbocycles. The van der Waals surface area contributed by atoms with Gasteiger partial charge >= 0.3 is 0 Å². The second kappa shape index (κ2) is 8.48. The fraction of sp³-hybridized carbons (Fsp3) is 0.474. The Bertz CT molecular complexity index is 744. The van der Waals surface area contributed by atoms with Crippen LogP contribution in [0.5, 0.6) is 0 Å². The van der Waals surface area contributed by atoms with Gasteiger partial charge in [-0.25, -0.2) is 0 Å². The molecule has 0 radical (unpaired) electrons. The van der Waals surface area contributed by atoms with Crippen LogP contribution in [0.4, 0.5) is 0 Å². The Labute approximate surface area is 161 Å². The molecule has 2 heterocycles. The quantitative estimate of drug-likeness (QED) is 0.359. The first-order chi connectivity index (χ1) is 13.3. The van der Waals surface area contributed by atoms with Crippen molar-refractivity contribution in [3.05, 3.63) is 47.0 Å². The third kappa shape index (κ3) is 3.86. The molecule has 1 aromatic rings. The summed E-state index contributed by atoms with van der Waals surface area (Å²) >= 11 is 0. The lowest BCUT2D eigenvalue weighted by Gasteiger charge is -2.39. The molecule has 2 aliphatic heterocycles. The van der Waals surface area contributed by atoms with Crippen molar-refractivity contribution in [2.75, 3.05) is 19.8 Å². The molecule has 3 rings (SSSR count). The Morgan fingerprint density at radius 1 is 1.14 bits per heavy atom. The number of carbonyl (C=O) groups is 2. The molecule has 1 aromatic carbocycles. The fourth-order valence-corrected chi connectivity index (χ4v) is 3.19. The lowest BCUT2D eigenvalue weighted by molar-refractivity contribution is -0.294. The van der Waals surface area contributed by atoms with Gasteiger partial charge < -0.3 is 29.9 Å². The van der Waals surface area contributed by atoms with Gasteiger partial charge in [-0.2, -0.15) is 0 Å². The average molecular weight is 393 g/mol. The van der Waals surface area contributed by atoms with E-state index in [2.05, 4.69) is 0 Å². The monoisotopic (exact) mass is 393 g/mol. The Morgan fingerprint density at radius 3 is 2.32 bits per heavy atom. The van der Waals surface area contributed by atoms with Crippen molar-refractivity contribution < 1.29 is 39.5 Å². The third-order valence-corrected chi connectivity index (χ3v) is 4.85. The first-order valence-corrected chi connectivity index (χ1v) is 8.88. The van der Waals surface area contributed by atoms with Crippen molar-refractivity contribution in [3.63, 3.8) is 0 Å². The summed E-state index contributed by atoms with van der Waals surface area (Å²) in [5, 5.41) is 38.9. The molecular formula is C19H23NO8. The molecule has 5 atom stereocenters. The minimum atomic E-state index is -1.51. The molecule has 152 valence electrons. The number of carbonyl (C=O) groups excluding carboxylic acids is 2. The van der Waals surface area contributed by atoms with Gasteiger partial charge in [0.15, 0.2) is 6.29 Å². The molecular weight excluding hydrogens is 370 g/mol.